The van der Waals surface area contributed by atoms with Crippen LogP contribution in [0.1, 0.15) is 17.3 Å². The van der Waals surface area contributed by atoms with Crippen LogP contribution in [-0.2, 0) is 9.53 Å². The Labute approximate surface area is 142 Å². The molecule has 126 valence electrons. The standard InChI is InChI=1S/C19H22N2O3/c1-4-21(17-8-6-5-7-9-17)18(22)14-24-19(23)15-10-12-16(13-11-15)20(2)3/h5-13H,4,14H2,1-3H3. The summed E-state index contributed by atoms with van der Waals surface area (Å²) in [6.07, 6.45) is 0. The zero-order valence-corrected chi connectivity index (χ0v) is 14.2. The van der Waals surface area contributed by atoms with Gasteiger partial charge in [-0.1, -0.05) is 18.2 Å². The second kappa shape index (κ2) is 8.15. The van der Waals surface area contributed by atoms with Crippen LogP contribution in [-0.4, -0.2) is 39.1 Å². The van der Waals surface area contributed by atoms with E-state index in [-0.39, 0.29) is 12.5 Å². The van der Waals surface area contributed by atoms with E-state index in [1.165, 1.54) is 0 Å². The van der Waals surface area contributed by atoms with E-state index in [2.05, 4.69) is 0 Å². The molecule has 0 aromatic heterocycles. The maximum Gasteiger partial charge on any atom is 0.338 e. The van der Waals surface area contributed by atoms with Gasteiger partial charge in [-0.2, -0.15) is 0 Å². The molecule has 0 saturated carbocycles. The van der Waals surface area contributed by atoms with Gasteiger partial charge in [0.2, 0.25) is 0 Å². The first-order chi connectivity index (χ1) is 11.5. The number of likely N-dealkylation sites (N-methyl/N-ethyl adjacent to an activating group) is 1. The van der Waals surface area contributed by atoms with Gasteiger partial charge >= 0.3 is 5.97 Å². The Morgan fingerprint density at radius 3 is 2.08 bits per heavy atom. The van der Waals surface area contributed by atoms with Gasteiger partial charge in [-0.3, -0.25) is 4.79 Å². The van der Waals surface area contributed by atoms with Crippen molar-refractivity contribution in [3.63, 3.8) is 0 Å². The second-order valence-electron chi connectivity index (χ2n) is 5.49. The third-order valence-electron chi connectivity index (χ3n) is 3.63. The smallest absolute Gasteiger partial charge is 0.338 e. The topological polar surface area (TPSA) is 49.9 Å². The maximum absolute atomic E-state index is 12.3. The fourth-order valence-corrected chi connectivity index (χ4v) is 2.30. The number of benzene rings is 2. The van der Waals surface area contributed by atoms with Crippen LogP contribution in [0.25, 0.3) is 0 Å². The molecule has 0 aliphatic rings. The molecule has 0 aliphatic carbocycles. The maximum atomic E-state index is 12.3. The lowest BCUT2D eigenvalue weighted by Gasteiger charge is -2.20. The van der Waals surface area contributed by atoms with Crippen LogP contribution in [0, 0.1) is 0 Å². The zero-order chi connectivity index (χ0) is 17.5. The predicted molar refractivity (Wildman–Crippen MR) is 95.5 cm³/mol. The first-order valence-electron chi connectivity index (χ1n) is 7.83. The van der Waals surface area contributed by atoms with E-state index < -0.39 is 5.97 Å². The highest BCUT2D eigenvalue weighted by atomic mass is 16.5. The summed E-state index contributed by atoms with van der Waals surface area (Å²) in [5.74, 6) is -0.750. The third-order valence-corrected chi connectivity index (χ3v) is 3.63. The second-order valence-corrected chi connectivity index (χ2v) is 5.49. The van der Waals surface area contributed by atoms with Gasteiger partial charge in [0.15, 0.2) is 6.61 Å². The number of rotatable bonds is 6. The van der Waals surface area contributed by atoms with Gasteiger partial charge in [-0.05, 0) is 43.3 Å². The van der Waals surface area contributed by atoms with E-state index in [9.17, 15) is 9.59 Å². The summed E-state index contributed by atoms with van der Waals surface area (Å²) >= 11 is 0. The van der Waals surface area contributed by atoms with Gasteiger partial charge in [-0.15, -0.1) is 0 Å². The average Bonchev–Trinajstić information content (AvgIpc) is 2.61. The number of hydrogen-bond acceptors (Lipinski definition) is 4. The summed E-state index contributed by atoms with van der Waals surface area (Å²) in [4.78, 5) is 27.9. The summed E-state index contributed by atoms with van der Waals surface area (Å²) in [5.41, 5.74) is 2.21. The van der Waals surface area contributed by atoms with Crippen LogP contribution < -0.4 is 9.80 Å². The van der Waals surface area contributed by atoms with E-state index in [1.54, 1.807) is 17.0 Å². The molecule has 0 N–H and O–H groups in total. The van der Waals surface area contributed by atoms with Crippen molar-refractivity contribution in [1.82, 2.24) is 0 Å². The number of hydrogen-bond donors (Lipinski definition) is 0. The average molecular weight is 326 g/mol. The lowest BCUT2D eigenvalue weighted by atomic mass is 10.2. The fourth-order valence-electron chi connectivity index (χ4n) is 2.30. The number of carbonyl (C=O) groups excluding carboxylic acids is 2. The molecule has 24 heavy (non-hydrogen) atoms. The molecule has 0 spiro atoms. The first kappa shape index (κ1) is 17.5. The summed E-state index contributed by atoms with van der Waals surface area (Å²) in [5, 5.41) is 0. The first-order valence-corrected chi connectivity index (χ1v) is 7.83. The minimum absolute atomic E-state index is 0.248. The van der Waals surface area contributed by atoms with E-state index in [0.717, 1.165) is 11.4 Å². The summed E-state index contributed by atoms with van der Waals surface area (Å²) in [6.45, 7) is 2.11. The van der Waals surface area contributed by atoms with Crippen LogP contribution in [0.15, 0.2) is 54.6 Å². The molecule has 5 nitrogen and oxygen atoms in total. The number of amides is 1. The van der Waals surface area contributed by atoms with E-state index in [1.807, 2.05) is 68.4 Å². The number of anilines is 2. The van der Waals surface area contributed by atoms with Crippen molar-refractivity contribution in [2.75, 3.05) is 37.0 Å². The van der Waals surface area contributed by atoms with Crippen LogP contribution in [0.3, 0.4) is 0 Å². The Bertz CT molecular complexity index is 682. The summed E-state index contributed by atoms with van der Waals surface area (Å²) in [7, 11) is 3.85. The molecule has 0 radical (unpaired) electrons. The molecule has 0 heterocycles. The number of ether oxygens (including phenoxy) is 1. The molecule has 0 atom stereocenters. The Hall–Kier alpha value is -2.82. The molecule has 0 bridgehead atoms. The number of para-hydroxylation sites is 1. The molecule has 0 unspecified atom stereocenters. The van der Waals surface area contributed by atoms with Crippen LogP contribution in [0.2, 0.25) is 0 Å². The van der Waals surface area contributed by atoms with Crippen molar-refractivity contribution in [3.05, 3.63) is 60.2 Å². The highest BCUT2D eigenvalue weighted by Gasteiger charge is 2.16. The van der Waals surface area contributed by atoms with E-state index in [0.29, 0.717) is 12.1 Å². The van der Waals surface area contributed by atoms with Gasteiger partial charge in [0.25, 0.3) is 5.91 Å². The van der Waals surface area contributed by atoms with Gasteiger partial charge in [0.1, 0.15) is 0 Å². The van der Waals surface area contributed by atoms with Crippen molar-refractivity contribution in [1.29, 1.82) is 0 Å². The predicted octanol–water partition coefficient (Wildman–Crippen LogP) is 2.96. The number of carbonyl (C=O) groups is 2. The Balaban J connectivity index is 1.96. The lowest BCUT2D eigenvalue weighted by Crippen LogP contribution is -2.34. The minimum atomic E-state index is -0.502. The quantitative estimate of drug-likeness (QED) is 0.766. The van der Waals surface area contributed by atoms with Crippen LogP contribution in [0.4, 0.5) is 11.4 Å². The molecule has 0 saturated heterocycles. The van der Waals surface area contributed by atoms with Gasteiger partial charge in [0, 0.05) is 32.0 Å². The summed E-state index contributed by atoms with van der Waals surface area (Å²) < 4.78 is 5.15. The molecule has 2 aromatic carbocycles. The molecular formula is C19H22N2O3. The van der Waals surface area contributed by atoms with Crippen molar-refractivity contribution in [3.8, 4) is 0 Å². The molecule has 2 rings (SSSR count). The Morgan fingerprint density at radius 1 is 0.917 bits per heavy atom. The van der Waals surface area contributed by atoms with Gasteiger partial charge in [0.05, 0.1) is 5.56 Å². The normalized spacial score (nSPS) is 10.1. The van der Waals surface area contributed by atoms with Gasteiger partial charge < -0.3 is 14.5 Å². The third kappa shape index (κ3) is 4.35. The number of esters is 1. The highest BCUT2D eigenvalue weighted by Crippen LogP contribution is 2.15. The largest absolute Gasteiger partial charge is 0.452 e. The van der Waals surface area contributed by atoms with E-state index in [4.69, 9.17) is 4.74 Å². The Morgan fingerprint density at radius 2 is 1.54 bits per heavy atom. The van der Waals surface area contributed by atoms with E-state index >= 15 is 0 Å². The lowest BCUT2D eigenvalue weighted by molar-refractivity contribution is -0.121. The van der Waals surface area contributed by atoms with Crippen molar-refractivity contribution in [2.24, 2.45) is 0 Å². The molecule has 5 heteroatoms. The highest BCUT2D eigenvalue weighted by molar-refractivity contribution is 5.97. The fraction of sp³-hybridized carbons (Fsp3) is 0.263. The molecular weight excluding hydrogens is 304 g/mol. The van der Waals surface area contributed by atoms with Crippen molar-refractivity contribution >= 4 is 23.3 Å². The van der Waals surface area contributed by atoms with Crippen molar-refractivity contribution < 1.29 is 14.3 Å². The molecule has 0 fully saturated rings. The van der Waals surface area contributed by atoms with Gasteiger partial charge in [-0.25, -0.2) is 4.79 Å². The number of nitrogens with zero attached hydrogens (tertiary/aromatic N) is 2. The summed E-state index contributed by atoms with van der Waals surface area (Å²) in [6, 6.07) is 16.4. The zero-order valence-electron chi connectivity index (χ0n) is 14.2. The molecule has 0 aliphatic heterocycles. The monoisotopic (exact) mass is 326 g/mol. The Kier molecular flexibility index (Phi) is 5.95. The van der Waals surface area contributed by atoms with Crippen LogP contribution >= 0.6 is 0 Å². The van der Waals surface area contributed by atoms with Crippen LogP contribution in [0.5, 0.6) is 0 Å². The minimum Gasteiger partial charge on any atom is -0.452 e. The SMILES string of the molecule is CCN(C(=O)COC(=O)c1ccc(N(C)C)cc1)c1ccccc1. The molecule has 2 aromatic rings. The van der Waals surface area contributed by atoms with Crippen molar-refractivity contribution in [2.45, 2.75) is 6.92 Å². The molecule has 1 amide bonds.